The Hall–Kier alpha value is -2.36. The van der Waals surface area contributed by atoms with Gasteiger partial charge in [-0.2, -0.15) is 0 Å². The monoisotopic (exact) mass is 284 g/mol. The Balaban J connectivity index is 1.85. The molecule has 1 N–H and O–H groups in total. The molecule has 1 aliphatic heterocycles. The average Bonchev–Trinajstić information content (AvgIpc) is 2.90. The lowest BCUT2D eigenvalue weighted by molar-refractivity contribution is 0.0989. The van der Waals surface area contributed by atoms with Gasteiger partial charge in [-0.05, 0) is 55.3 Å². The molecule has 0 saturated carbocycles. The zero-order valence-corrected chi connectivity index (χ0v) is 11.9. The molecule has 2 aromatic carbocycles. The van der Waals surface area contributed by atoms with Crippen molar-refractivity contribution in [2.24, 2.45) is 0 Å². The first kappa shape index (κ1) is 13.6. The summed E-state index contributed by atoms with van der Waals surface area (Å²) in [6.45, 7) is 3.47. The number of amides is 1. The fourth-order valence-corrected chi connectivity index (χ4v) is 2.65. The van der Waals surface area contributed by atoms with Gasteiger partial charge >= 0.3 is 0 Å². The second-order valence-corrected chi connectivity index (χ2v) is 5.09. The fraction of sp³-hybridized carbons (Fsp3) is 0.235. The van der Waals surface area contributed by atoms with E-state index in [0.29, 0.717) is 17.8 Å². The van der Waals surface area contributed by atoms with Crippen LogP contribution < -0.4 is 10.2 Å². The highest BCUT2D eigenvalue weighted by Gasteiger charge is 2.25. The van der Waals surface area contributed by atoms with E-state index in [0.717, 1.165) is 24.2 Å². The predicted molar refractivity (Wildman–Crippen MR) is 82.4 cm³/mol. The molecule has 3 rings (SSSR count). The van der Waals surface area contributed by atoms with Crippen LogP contribution in [-0.2, 0) is 6.42 Å². The highest BCUT2D eigenvalue weighted by atomic mass is 19.1. The van der Waals surface area contributed by atoms with E-state index in [4.69, 9.17) is 0 Å². The van der Waals surface area contributed by atoms with Crippen LogP contribution >= 0.6 is 0 Å². The van der Waals surface area contributed by atoms with Crippen molar-refractivity contribution < 1.29 is 9.18 Å². The molecule has 108 valence electrons. The minimum Gasteiger partial charge on any atom is -0.385 e. The number of rotatable bonds is 3. The van der Waals surface area contributed by atoms with Crippen LogP contribution in [0.5, 0.6) is 0 Å². The summed E-state index contributed by atoms with van der Waals surface area (Å²) in [5.41, 5.74) is 3.32. The molecule has 1 heterocycles. The lowest BCUT2D eigenvalue weighted by Gasteiger charge is -2.17. The third-order valence-corrected chi connectivity index (χ3v) is 3.70. The Morgan fingerprint density at radius 2 is 2.00 bits per heavy atom. The van der Waals surface area contributed by atoms with Crippen LogP contribution in [0.3, 0.4) is 0 Å². The molecule has 0 aliphatic carbocycles. The zero-order chi connectivity index (χ0) is 14.8. The van der Waals surface area contributed by atoms with E-state index in [1.165, 1.54) is 12.1 Å². The van der Waals surface area contributed by atoms with Crippen LogP contribution in [0.1, 0.15) is 22.8 Å². The van der Waals surface area contributed by atoms with Crippen LogP contribution in [-0.4, -0.2) is 19.0 Å². The van der Waals surface area contributed by atoms with Gasteiger partial charge in [0.1, 0.15) is 5.82 Å². The minimum atomic E-state index is -0.309. The molecule has 0 aromatic heterocycles. The molecule has 0 saturated heterocycles. The van der Waals surface area contributed by atoms with Gasteiger partial charge in [-0.25, -0.2) is 4.39 Å². The third-order valence-electron chi connectivity index (χ3n) is 3.70. The van der Waals surface area contributed by atoms with Crippen molar-refractivity contribution >= 4 is 17.3 Å². The Bertz CT molecular complexity index is 667. The lowest BCUT2D eigenvalue weighted by atomic mass is 10.1. The Morgan fingerprint density at radius 1 is 1.24 bits per heavy atom. The van der Waals surface area contributed by atoms with Crippen LogP contribution in [0.25, 0.3) is 0 Å². The molecule has 0 radical (unpaired) electrons. The summed E-state index contributed by atoms with van der Waals surface area (Å²) in [6.07, 6.45) is 0.775. The van der Waals surface area contributed by atoms with E-state index < -0.39 is 0 Å². The first-order valence-electron chi connectivity index (χ1n) is 7.13. The van der Waals surface area contributed by atoms with Crippen molar-refractivity contribution in [2.45, 2.75) is 13.3 Å². The molecule has 2 aromatic rings. The zero-order valence-electron chi connectivity index (χ0n) is 11.9. The van der Waals surface area contributed by atoms with Crippen LogP contribution in [0.2, 0.25) is 0 Å². The first-order valence-corrected chi connectivity index (χ1v) is 7.13. The van der Waals surface area contributed by atoms with Crippen molar-refractivity contribution in [3.05, 3.63) is 59.4 Å². The van der Waals surface area contributed by atoms with Crippen LogP contribution in [0, 0.1) is 5.82 Å². The molecule has 21 heavy (non-hydrogen) atoms. The summed E-state index contributed by atoms with van der Waals surface area (Å²) in [4.78, 5) is 14.2. The Labute approximate surface area is 123 Å². The smallest absolute Gasteiger partial charge is 0.258 e. The quantitative estimate of drug-likeness (QED) is 0.936. The molecular formula is C17H17FN2O. The lowest BCUT2D eigenvalue weighted by Crippen LogP contribution is -2.28. The van der Waals surface area contributed by atoms with Gasteiger partial charge in [0.25, 0.3) is 5.91 Å². The second-order valence-electron chi connectivity index (χ2n) is 5.09. The van der Waals surface area contributed by atoms with Gasteiger partial charge in [0.15, 0.2) is 0 Å². The number of benzene rings is 2. The SMILES string of the molecule is CCNc1ccc(C(=O)N2CCc3ccc(F)cc32)cc1. The molecule has 0 atom stereocenters. The number of halogens is 1. The van der Waals surface area contributed by atoms with Crippen molar-refractivity contribution in [1.82, 2.24) is 0 Å². The predicted octanol–water partition coefficient (Wildman–Crippen LogP) is 3.46. The number of nitrogens with one attached hydrogen (secondary N) is 1. The van der Waals surface area contributed by atoms with E-state index in [1.807, 2.05) is 19.1 Å². The van der Waals surface area contributed by atoms with Gasteiger partial charge < -0.3 is 10.2 Å². The third kappa shape index (κ3) is 2.61. The summed E-state index contributed by atoms with van der Waals surface area (Å²) in [7, 11) is 0. The van der Waals surface area contributed by atoms with E-state index in [2.05, 4.69) is 5.32 Å². The van der Waals surface area contributed by atoms with Crippen molar-refractivity contribution in [2.75, 3.05) is 23.3 Å². The summed E-state index contributed by atoms with van der Waals surface area (Å²) in [5, 5.41) is 3.19. The first-order chi connectivity index (χ1) is 10.2. The van der Waals surface area contributed by atoms with Gasteiger partial charge in [0, 0.05) is 24.3 Å². The summed E-state index contributed by atoms with van der Waals surface area (Å²) >= 11 is 0. The molecule has 0 unspecified atom stereocenters. The number of nitrogens with zero attached hydrogens (tertiary/aromatic N) is 1. The second kappa shape index (κ2) is 5.56. The molecule has 0 fully saturated rings. The van der Waals surface area contributed by atoms with E-state index in [1.54, 1.807) is 23.1 Å². The maximum Gasteiger partial charge on any atom is 0.258 e. The van der Waals surface area contributed by atoms with Gasteiger partial charge in [0.2, 0.25) is 0 Å². The number of hydrogen-bond donors (Lipinski definition) is 1. The Kier molecular flexibility index (Phi) is 3.60. The van der Waals surface area contributed by atoms with E-state index >= 15 is 0 Å². The molecule has 3 nitrogen and oxygen atoms in total. The van der Waals surface area contributed by atoms with Gasteiger partial charge in [-0.3, -0.25) is 4.79 Å². The van der Waals surface area contributed by atoms with Crippen molar-refractivity contribution in [3.63, 3.8) is 0 Å². The number of fused-ring (bicyclic) bond motifs is 1. The summed E-state index contributed by atoms with van der Waals surface area (Å²) < 4.78 is 13.4. The fourth-order valence-electron chi connectivity index (χ4n) is 2.65. The average molecular weight is 284 g/mol. The summed E-state index contributed by atoms with van der Waals surface area (Å²) in [6, 6.07) is 12.0. The largest absolute Gasteiger partial charge is 0.385 e. The maximum absolute atomic E-state index is 13.4. The summed E-state index contributed by atoms with van der Waals surface area (Å²) in [5.74, 6) is -0.390. The van der Waals surface area contributed by atoms with Gasteiger partial charge in [-0.1, -0.05) is 6.07 Å². The Morgan fingerprint density at radius 3 is 2.71 bits per heavy atom. The highest BCUT2D eigenvalue weighted by molar-refractivity contribution is 6.07. The van der Waals surface area contributed by atoms with Gasteiger partial charge in [-0.15, -0.1) is 0 Å². The number of hydrogen-bond acceptors (Lipinski definition) is 2. The highest BCUT2D eigenvalue weighted by Crippen LogP contribution is 2.30. The van der Waals surface area contributed by atoms with Crippen LogP contribution in [0.15, 0.2) is 42.5 Å². The molecular weight excluding hydrogens is 267 g/mol. The van der Waals surface area contributed by atoms with Crippen molar-refractivity contribution in [1.29, 1.82) is 0 Å². The molecule has 0 bridgehead atoms. The van der Waals surface area contributed by atoms with Crippen molar-refractivity contribution in [3.8, 4) is 0 Å². The maximum atomic E-state index is 13.4. The number of anilines is 2. The normalized spacial score (nSPS) is 13.1. The molecule has 1 aliphatic rings. The topological polar surface area (TPSA) is 32.3 Å². The minimum absolute atomic E-state index is 0.0811. The van der Waals surface area contributed by atoms with E-state index in [9.17, 15) is 9.18 Å². The molecule has 0 spiro atoms. The standard InChI is InChI=1S/C17H17FN2O/c1-2-19-15-7-4-13(5-8-15)17(21)20-10-9-12-3-6-14(18)11-16(12)20/h3-8,11,19H,2,9-10H2,1H3. The molecule has 1 amide bonds. The van der Waals surface area contributed by atoms with Gasteiger partial charge in [0.05, 0.1) is 5.69 Å². The molecule has 4 heteroatoms. The van der Waals surface area contributed by atoms with Crippen LogP contribution in [0.4, 0.5) is 15.8 Å². The van der Waals surface area contributed by atoms with E-state index in [-0.39, 0.29) is 11.7 Å². The number of carbonyl (C=O) groups is 1. The number of carbonyl (C=O) groups excluding carboxylic acids is 1.